The van der Waals surface area contributed by atoms with Crippen LogP contribution in [0.5, 0.6) is 0 Å². The van der Waals surface area contributed by atoms with Gasteiger partial charge in [0, 0.05) is 5.56 Å². The monoisotopic (exact) mass is 307 g/mol. The molecule has 5 heteroatoms. The lowest BCUT2D eigenvalue weighted by Gasteiger charge is -2.29. The predicted octanol–water partition coefficient (Wildman–Crippen LogP) is 3.80. The number of benzene rings is 1. The van der Waals surface area contributed by atoms with Crippen molar-refractivity contribution in [1.29, 1.82) is 0 Å². The van der Waals surface area contributed by atoms with Gasteiger partial charge in [0.2, 0.25) is 0 Å². The number of rotatable bonds is 2. The second-order valence-corrected chi connectivity index (χ2v) is 7.06. The largest absolute Gasteiger partial charge is 0.444 e. The van der Waals surface area contributed by atoms with Crippen molar-refractivity contribution in [3.63, 3.8) is 0 Å². The summed E-state index contributed by atoms with van der Waals surface area (Å²) >= 11 is 0. The highest BCUT2D eigenvalue weighted by atomic mass is 19.1. The van der Waals surface area contributed by atoms with Crippen LogP contribution < -0.4 is 5.32 Å². The van der Waals surface area contributed by atoms with Crippen LogP contribution in [-0.4, -0.2) is 18.3 Å². The molecule has 1 fully saturated rings. The summed E-state index contributed by atoms with van der Waals surface area (Å²) < 4.78 is 25.3. The number of fused-ring (bicyclic) bond motifs is 1. The Bertz CT molecular complexity index is 590. The Morgan fingerprint density at radius 2 is 2.09 bits per heavy atom. The molecule has 0 aromatic heterocycles. The Labute approximate surface area is 130 Å². The molecule has 22 heavy (non-hydrogen) atoms. The number of carbonyl (C=O) groups excluding carboxylic acids is 1. The van der Waals surface area contributed by atoms with Crippen molar-refractivity contribution < 1.29 is 18.7 Å². The molecule has 120 valence electrons. The molecule has 0 saturated heterocycles. The van der Waals surface area contributed by atoms with E-state index in [0.717, 1.165) is 24.0 Å². The van der Waals surface area contributed by atoms with Gasteiger partial charge >= 0.3 is 6.09 Å². The molecule has 2 aliphatic rings. The summed E-state index contributed by atoms with van der Waals surface area (Å²) in [5, 5.41) is 2.71. The number of nitrogens with one attached hydrogen (secondary N) is 1. The third-order valence-electron chi connectivity index (χ3n) is 3.87. The van der Waals surface area contributed by atoms with E-state index in [-0.39, 0.29) is 12.4 Å². The number of hydrogen-bond donors (Lipinski definition) is 1. The molecule has 1 saturated carbocycles. The number of carbonyl (C=O) groups is 1. The van der Waals surface area contributed by atoms with Crippen LogP contribution in [0.3, 0.4) is 0 Å². The van der Waals surface area contributed by atoms with E-state index in [1.165, 1.54) is 0 Å². The minimum absolute atomic E-state index is 0.256. The number of ether oxygens (including phenoxy) is 2. The Morgan fingerprint density at radius 3 is 2.73 bits per heavy atom. The second-order valence-electron chi connectivity index (χ2n) is 7.06. The Hall–Kier alpha value is -1.62. The third-order valence-corrected chi connectivity index (χ3v) is 3.87. The van der Waals surface area contributed by atoms with Crippen molar-refractivity contribution in [2.24, 2.45) is 0 Å². The lowest BCUT2D eigenvalue weighted by molar-refractivity contribution is 0.0384. The van der Waals surface area contributed by atoms with Crippen molar-refractivity contribution in [2.75, 3.05) is 6.61 Å². The fourth-order valence-corrected chi connectivity index (χ4v) is 2.79. The van der Waals surface area contributed by atoms with Gasteiger partial charge in [-0.2, -0.15) is 0 Å². The van der Waals surface area contributed by atoms with Crippen LogP contribution in [0.25, 0.3) is 0 Å². The standard InChI is InChI=1S/C17H22FNO3/c1-17(2,3)22-16(20)19-14-9-21-8-12-6-11(10-4-5-10)7-13(18)15(12)14/h6-7,10,14H,4-5,8-9H2,1-3H3,(H,19,20)/t14-/m1/s1. The highest BCUT2D eigenvalue weighted by molar-refractivity contribution is 5.68. The quantitative estimate of drug-likeness (QED) is 0.904. The van der Waals surface area contributed by atoms with E-state index in [4.69, 9.17) is 9.47 Å². The van der Waals surface area contributed by atoms with E-state index in [0.29, 0.717) is 18.1 Å². The van der Waals surface area contributed by atoms with Gasteiger partial charge in [0.25, 0.3) is 0 Å². The number of amides is 1. The summed E-state index contributed by atoms with van der Waals surface area (Å²) in [7, 11) is 0. The molecule has 3 rings (SSSR count). The van der Waals surface area contributed by atoms with Crippen molar-refractivity contribution in [1.82, 2.24) is 5.32 Å². The van der Waals surface area contributed by atoms with Crippen LogP contribution in [-0.2, 0) is 16.1 Å². The molecule has 0 unspecified atom stereocenters. The van der Waals surface area contributed by atoms with Gasteiger partial charge in [0.15, 0.2) is 0 Å². The van der Waals surface area contributed by atoms with Gasteiger partial charge in [-0.1, -0.05) is 6.07 Å². The normalized spacial score (nSPS) is 21.2. The van der Waals surface area contributed by atoms with E-state index >= 15 is 0 Å². The zero-order chi connectivity index (χ0) is 15.9. The second kappa shape index (κ2) is 5.54. The summed E-state index contributed by atoms with van der Waals surface area (Å²) in [6, 6.07) is 3.11. The summed E-state index contributed by atoms with van der Waals surface area (Å²) in [5.74, 6) is 0.225. The van der Waals surface area contributed by atoms with Crippen LogP contribution in [0.4, 0.5) is 9.18 Å². The molecule has 1 amide bonds. The van der Waals surface area contributed by atoms with E-state index in [2.05, 4.69) is 5.32 Å². The van der Waals surface area contributed by atoms with Crippen LogP contribution in [0.15, 0.2) is 12.1 Å². The van der Waals surface area contributed by atoms with Crippen molar-refractivity contribution in [3.05, 3.63) is 34.6 Å². The first kappa shape index (κ1) is 15.3. The fourth-order valence-electron chi connectivity index (χ4n) is 2.79. The minimum atomic E-state index is -0.586. The van der Waals surface area contributed by atoms with Crippen molar-refractivity contribution in [2.45, 2.75) is 57.8 Å². The highest BCUT2D eigenvalue weighted by Crippen LogP contribution is 2.42. The van der Waals surface area contributed by atoms with Crippen LogP contribution in [0, 0.1) is 5.82 Å². The van der Waals surface area contributed by atoms with Crippen molar-refractivity contribution in [3.8, 4) is 0 Å². The lowest BCUT2D eigenvalue weighted by atomic mass is 9.94. The molecule has 0 radical (unpaired) electrons. The summed E-state index contributed by atoms with van der Waals surface area (Å²) in [6.45, 7) is 6.02. The van der Waals surface area contributed by atoms with E-state index < -0.39 is 17.7 Å². The van der Waals surface area contributed by atoms with E-state index in [9.17, 15) is 9.18 Å². The van der Waals surface area contributed by atoms with E-state index in [1.54, 1.807) is 26.8 Å². The molecule has 4 nitrogen and oxygen atoms in total. The molecule has 1 heterocycles. The van der Waals surface area contributed by atoms with Gasteiger partial charge in [-0.05, 0) is 56.7 Å². The molecule has 1 aliphatic heterocycles. The predicted molar refractivity (Wildman–Crippen MR) is 80.1 cm³/mol. The Kier molecular flexibility index (Phi) is 3.85. The van der Waals surface area contributed by atoms with Gasteiger partial charge in [-0.3, -0.25) is 0 Å². The molecule has 0 spiro atoms. The summed E-state index contributed by atoms with van der Waals surface area (Å²) in [5.41, 5.74) is 1.81. The topological polar surface area (TPSA) is 47.6 Å². The highest BCUT2D eigenvalue weighted by Gasteiger charge is 2.31. The van der Waals surface area contributed by atoms with Crippen LogP contribution in [0.2, 0.25) is 0 Å². The zero-order valence-electron chi connectivity index (χ0n) is 13.2. The maximum absolute atomic E-state index is 14.5. The van der Waals surface area contributed by atoms with Gasteiger partial charge < -0.3 is 14.8 Å². The number of alkyl carbamates (subject to hydrolysis) is 1. The molecular formula is C17H22FNO3. The van der Waals surface area contributed by atoms with Gasteiger partial charge in [-0.15, -0.1) is 0 Å². The first-order chi connectivity index (χ1) is 10.3. The average Bonchev–Trinajstić information content (AvgIpc) is 3.20. The maximum Gasteiger partial charge on any atom is 0.408 e. The van der Waals surface area contributed by atoms with E-state index in [1.807, 2.05) is 6.07 Å². The lowest BCUT2D eigenvalue weighted by Crippen LogP contribution is -2.38. The molecule has 0 bridgehead atoms. The van der Waals surface area contributed by atoms with Gasteiger partial charge in [0.1, 0.15) is 11.4 Å². The first-order valence-corrected chi connectivity index (χ1v) is 7.73. The molecular weight excluding hydrogens is 285 g/mol. The number of halogens is 1. The Balaban J connectivity index is 1.80. The molecule has 1 aromatic carbocycles. The van der Waals surface area contributed by atoms with Gasteiger partial charge in [-0.25, -0.2) is 9.18 Å². The fraction of sp³-hybridized carbons (Fsp3) is 0.588. The van der Waals surface area contributed by atoms with Crippen LogP contribution in [0.1, 0.15) is 62.3 Å². The SMILES string of the molecule is CC(C)(C)OC(=O)N[C@@H]1COCc2cc(C3CC3)cc(F)c21. The third kappa shape index (κ3) is 3.40. The maximum atomic E-state index is 14.5. The average molecular weight is 307 g/mol. The summed E-state index contributed by atoms with van der Waals surface area (Å²) in [4.78, 5) is 11.9. The number of hydrogen-bond acceptors (Lipinski definition) is 3. The minimum Gasteiger partial charge on any atom is -0.444 e. The smallest absolute Gasteiger partial charge is 0.408 e. The van der Waals surface area contributed by atoms with Crippen molar-refractivity contribution >= 4 is 6.09 Å². The summed E-state index contributed by atoms with van der Waals surface area (Å²) in [6.07, 6.45) is 1.69. The van der Waals surface area contributed by atoms with Gasteiger partial charge in [0.05, 0.1) is 19.3 Å². The van der Waals surface area contributed by atoms with Crippen LogP contribution >= 0.6 is 0 Å². The molecule has 1 atom stereocenters. The molecule has 1 aromatic rings. The molecule has 1 aliphatic carbocycles. The molecule has 1 N–H and O–H groups in total. The zero-order valence-corrected chi connectivity index (χ0v) is 13.2. The first-order valence-electron chi connectivity index (χ1n) is 7.73. The Morgan fingerprint density at radius 1 is 1.36 bits per heavy atom.